The van der Waals surface area contributed by atoms with Crippen LogP contribution in [0.5, 0.6) is 0 Å². The van der Waals surface area contributed by atoms with Gasteiger partial charge in [0.05, 0.1) is 31.5 Å². The van der Waals surface area contributed by atoms with Crippen molar-refractivity contribution < 1.29 is 50.4 Å². The van der Waals surface area contributed by atoms with Crippen LogP contribution in [0.4, 0.5) is 0 Å². The van der Waals surface area contributed by atoms with Crippen LogP contribution in [0, 0.1) is 0 Å². The highest BCUT2D eigenvalue weighted by atomic mass is 16.4. The molecule has 0 bridgehead atoms. The molecule has 27 heavy (non-hydrogen) atoms. The lowest BCUT2D eigenvalue weighted by atomic mass is 9.92. The molecule has 0 radical (unpaired) electrons. The zero-order valence-corrected chi connectivity index (χ0v) is 16.2. The van der Waals surface area contributed by atoms with Gasteiger partial charge in [-0.1, -0.05) is 0 Å². The first-order valence-corrected chi connectivity index (χ1v) is 7.98. The molecule has 0 aromatic heterocycles. The first-order valence-electron chi connectivity index (χ1n) is 7.98. The molecule has 0 amide bonds. The fourth-order valence-electron chi connectivity index (χ4n) is 1.10. The van der Waals surface area contributed by atoms with E-state index in [0.29, 0.717) is 0 Å². The Morgan fingerprint density at radius 2 is 1.04 bits per heavy atom. The molecule has 0 aliphatic heterocycles. The lowest BCUT2D eigenvalue weighted by Gasteiger charge is -2.25. The minimum absolute atomic E-state index is 0.139. The number of rotatable bonds is 7. The third-order valence-electron chi connectivity index (χ3n) is 2.77. The summed E-state index contributed by atoms with van der Waals surface area (Å²) < 4.78 is 0. The average molecular weight is 396 g/mol. The van der Waals surface area contributed by atoms with Crippen LogP contribution in [0.15, 0.2) is 23.3 Å². The SMILES string of the molecule is CC(=CC(O)(C=C(C)C(=O)O)C(C)O)C(=O)O.CC(O)CO.CC(O)CO. The molecule has 0 aliphatic carbocycles. The fraction of sp³-hybridized carbons (Fsp3) is 0.647. The second-order valence-corrected chi connectivity index (χ2v) is 5.89. The van der Waals surface area contributed by atoms with Crippen molar-refractivity contribution in [2.24, 2.45) is 0 Å². The van der Waals surface area contributed by atoms with Crippen LogP contribution >= 0.6 is 0 Å². The molecule has 0 saturated heterocycles. The molecule has 0 aliphatic rings. The van der Waals surface area contributed by atoms with Crippen molar-refractivity contribution in [3.8, 4) is 0 Å². The Bertz CT molecular complexity index is 454. The van der Waals surface area contributed by atoms with E-state index in [2.05, 4.69) is 0 Å². The Hall–Kier alpha value is -1.82. The molecule has 0 saturated carbocycles. The van der Waals surface area contributed by atoms with Crippen LogP contribution in [-0.4, -0.2) is 89.9 Å². The van der Waals surface area contributed by atoms with Crippen LogP contribution < -0.4 is 0 Å². The summed E-state index contributed by atoms with van der Waals surface area (Å²) in [4.78, 5) is 21.2. The number of aliphatic carboxylic acids is 2. The Labute approximate surface area is 158 Å². The normalized spacial score (nSPS) is 17.1. The minimum Gasteiger partial charge on any atom is -0.478 e. The first kappa shape index (κ1) is 29.9. The summed E-state index contributed by atoms with van der Waals surface area (Å²) in [6.45, 7) is 6.48. The molecule has 0 heterocycles. The highest BCUT2D eigenvalue weighted by molar-refractivity contribution is 5.87. The van der Waals surface area contributed by atoms with Gasteiger partial charge in [-0.3, -0.25) is 0 Å². The highest BCUT2D eigenvalue weighted by Gasteiger charge is 2.30. The van der Waals surface area contributed by atoms with Crippen molar-refractivity contribution in [1.82, 2.24) is 0 Å². The minimum atomic E-state index is -2.02. The molecule has 8 N–H and O–H groups in total. The van der Waals surface area contributed by atoms with Gasteiger partial charge in [0.25, 0.3) is 0 Å². The molecule has 0 spiro atoms. The first-order chi connectivity index (χ1) is 12.1. The van der Waals surface area contributed by atoms with Crippen molar-refractivity contribution in [1.29, 1.82) is 0 Å². The van der Waals surface area contributed by atoms with Gasteiger partial charge in [0.2, 0.25) is 0 Å². The van der Waals surface area contributed by atoms with Crippen molar-refractivity contribution in [3.63, 3.8) is 0 Å². The second kappa shape index (κ2) is 15.3. The monoisotopic (exact) mass is 396 g/mol. The number of carboxylic acids is 2. The summed E-state index contributed by atoms with van der Waals surface area (Å²) in [5.41, 5.74) is -2.41. The van der Waals surface area contributed by atoms with Crippen LogP contribution in [0.1, 0.15) is 34.6 Å². The van der Waals surface area contributed by atoms with Gasteiger partial charge in [-0.25, -0.2) is 9.59 Å². The maximum Gasteiger partial charge on any atom is 0.331 e. The van der Waals surface area contributed by atoms with Crippen LogP contribution in [0.25, 0.3) is 0 Å². The topological polar surface area (TPSA) is 196 Å². The predicted molar refractivity (Wildman–Crippen MR) is 96.9 cm³/mol. The zero-order valence-electron chi connectivity index (χ0n) is 16.2. The van der Waals surface area contributed by atoms with Gasteiger partial charge >= 0.3 is 11.9 Å². The Kier molecular flexibility index (Phi) is 16.9. The van der Waals surface area contributed by atoms with E-state index in [1.165, 1.54) is 34.6 Å². The van der Waals surface area contributed by atoms with Gasteiger partial charge in [-0.15, -0.1) is 0 Å². The van der Waals surface area contributed by atoms with Gasteiger partial charge in [0.15, 0.2) is 0 Å². The van der Waals surface area contributed by atoms with E-state index in [1.807, 2.05) is 0 Å². The summed E-state index contributed by atoms with van der Waals surface area (Å²) in [6, 6.07) is 0. The van der Waals surface area contributed by atoms with Crippen molar-refractivity contribution in [3.05, 3.63) is 23.3 Å². The third kappa shape index (κ3) is 17.4. The summed E-state index contributed by atoms with van der Waals surface area (Å²) in [5, 5.41) is 68.8. The number of hydrogen-bond acceptors (Lipinski definition) is 8. The lowest BCUT2D eigenvalue weighted by molar-refractivity contribution is -0.133. The van der Waals surface area contributed by atoms with Crippen molar-refractivity contribution in [2.45, 2.75) is 58.5 Å². The zero-order chi connectivity index (χ0) is 22.4. The molecule has 3 unspecified atom stereocenters. The van der Waals surface area contributed by atoms with E-state index < -0.39 is 35.9 Å². The molecular formula is C17H32O10. The van der Waals surface area contributed by atoms with E-state index >= 15 is 0 Å². The van der Waals surface area contributed by atoms with Crippen LogP contribution in [0.2, 0.25) is 0 Å². The van der Waals surface area contributed by atoms with Gasteiger partial charge < -0.3 is 40.9 Å². The molecule has 0 fully saturated rings. The van der Waals surface area contributed by atoms with Crippen LogP contribution in [-0.2, 0) is 9.59 Å². The van der Waals surface area contributed by atoms with Gasteiger partial charge in [-0.2, -0.15) is 0 Å². The lowest BCUT2D eigenvalue weighted by Crippen LogP contribution is -2.37. The molecule has 10 heteroatoms. The quantitative estimate of drug-likeness (QED) is 0.244. The summed E-state index contributed by atoms with van der Waals surface area (Å²) in [6.07, 6.45) is -0.644. The maximum atomic E-state index is 10.6. The summed E-state index contributed by atoms with van der Waals surface area (Å²) in [5.74, 6) is -2.52. The maximum absolute atomic E-state index is 10.6. The summed E-state index contributed by atoms with van der Waals surface area (Å²) in [7, 11) is 0. The molecule has 10 nitrogen and oxygen atoms in total. The van der Waals surface area contributed by atoms with E-state index in [9.17, 15) is 19.8 Å². The Morgan fingerprint density at radius 1 is 0.815 bits per heavy atom. The number of aliphatic hydroxyl groups excluding tert-OH is 5. The van der Waals surface area contributed by atoms with Gasteiger partial charge in [0, 0.05) is 11.1 Å². The second-order valence-electron chi connectivity index (χ2n) is 5.89. The molecule has 0 aromatic carbocycles. The molecule has 160 valence electrons. The van der Waals surface area contributed by atoms with Crippen molar-refractivity contribution >= 4 is 11.9 Å². The van der Waals surface area contributed by atoms with E-state index in [4.69, 9.17) is 30.6 Å². The fourth-order valence-corrected chi connectivity index (χ4v) is 1.10. The number of aliphatic hydroxyl groups is 6. The molecule has 3 atom stereocenters. The molecule has 0 rings (SSSR count). The van der Waals surface area contributed by atoms with Crippen molar-refractivity contribution in [2.75, 3.05) is 13.2 Å². The number of hydrogen-bond donors (Lipinski definition) is 8. The van der Waals surface area contributed by atoms with Gasteiger partial charge in [0.1, 0.15) is 5.60 Å². The standard InChI is InChI=1S/C11H16O6.2C3H8O2/c1-6(9(13)14)4-11(17,8(3)12)5-7(2)10(15)16;2*1-3(5)2-4/h4-5,8,12,17H,1-3H3,(H,13,14)(H,15,16);2*3-5H,2H2,1H3. The number of carbonyl (C=O) groups is 2. The Balaban J connectivity index is -0.000000471. The smallest absolute Gasteiger partial charge is 0.331 e. The summed E-state index contributed by atoms with van der Waals surface area (Å²) >= 11 is 0. The largest absolute Gasteiger partial charge is 0.478 e. The van der Waals surface area contributed by atoms with E-state index in [1.54, 1.807) is 0 Å². The van der Waals surface area contributed by atoms with E-state index in [-0.39, 0.29) is 24.4 Å². The Morgan fingerprint density at radius 3 is 1.15 bits per heavy atom. The molecular weight excluding hydrogens is 364 g/mol. The molecule has 0 aromatic rings. The number of carboxylic acid groups (broad SMARTS) is 2. The van der Waals surface area contributed by atoms with E-state index in [0.717, 1.165) is 12.2 Å². The predicted octanol–water partition coefficient (Wildman–Crippen LogP) is -1.12. The highest BCUT2D eigenvalue weighted by Crippen LogP contribution is 2.19. The third-order valence-corrected chi connectivity index (χ3v) is 2.77. The average Bonchev–Trinajstić information content (AvgIpc) is 2.55. The van der Waals surface area contributed by atoms with Crippen LogP contribution in [0.3, 0.4) is 0 Å². The van der Waals surface area contributed by atoms with Gasteiger partial charge in [-0.05, 0) is 46.8 Å².